The first-order valence-electron chi connectivity index (χ1n) is 5.87. The summed E-state index contributed by atoms with van der Waals surface area (Å²) in [6.07, 6.45) is 4.08. The minimum Gasteiger partial charge on any atom is -0.313 e. The molecule has 0 aromatic heterocycles. The van der Waals surface area contributed by atoms with Crippen LogP contribution < -0.4 is 5.32 Å². The van der Waals surface area contributed by atoms with Gasteiger partial charge in [-0.05, 0) is 39.4 Å². The van der Waals surface area contributed by atoms with Crippen LogP contribution in [0, 0.1) is 0 Å². The maximum atomic E-state index is 11.2. The van der Waals surface area contributed by atoms with E-state index in [9.17, 15) is 4.21 Å². The molecule has 0 aromatic rings. The van der Waals surface area contributed by atoms with Crippen molar-refractivity contribution in [2.24, 2.45) is 0 Å². The van der Waals surface area contributed by atoms with Gasteiger partial charge in [0.1, 0.15) is 0 Å². The van der Waals surface area contributed by atoms with Crippen molar-refractivity contribution in [3.8, 4) is 0 Å². The van der Waals surface area contributed by atoms with Gasteiger partial charge in [0.15, 0.2) is 0 Å². The van der Waals surface area contributed by atoms with E-state index in [0.717, 1.165) is 26.1 Å². The van der Waals surface area contributed by atoms with Crippen molar-refractivity contribution in [1.82, 2.24) is 10.2 Å². The van der Waals surface area contributed by atoms with Gasteiger partial charge in [-0.15, -0.1) is 0 Å². The molecule has 3 unspecified atom stereocenters. The third kappa shape index (κ3) is 5.09. The molecule has 1 heterocycles. The highest BCUT2D eigenvalue weighted by Crippen LogP contribution is 2.05. The summed E-state index contributed by atoms with van der Waals surface area (Å²) in [6.45, 7) is 8.85. The molecular formula is C11H24N2OS. The summed E-state index contributed by atoms with van der Waals surface area (Å²) in [7, 11) is -0.670. The highest BCUT2D eigenvalue weighted by molar-refractivity contribution is 7.84. The van der Waals surface area contributed by atoms with Crippen LogP contribution in [0.25, 0.3) is 0 Å². The molecule has 0 spiro atoms. The molecule has 0 radical (unpaired) electrons. The zero-order chi connectivity index (χ0) is 11.3. The van der Waals surface area contributed by atoms with Crippen molar-refractivity contribution >= 4 is 10.8 Å². The van der Waals surface area contributed by atoms with Gasteiger partial charge in [0, 0.05) is 34.9 Å². The number of rotatable bonds is 4. The SMILES string of the molecule is CC1CN(CCC(C)S(C)=O)CCCN1. The van der Waals surface area contributed by atoms with E-state index >= 15 is 0 Å². The van der Waals surface area contributed by atoms with Gasteiger partial charge in [-0.2, -0.15) is 0 Å². The molecule has 3 atom stereocenters. The van der Waals surface area contributed by atoms with Gasteiger partial charge in [0.25, 0.3) is 0 Å². The fourth-order valence-electron chi connectivity index (χ4n) is 1.93. The van der Waals surface area contributed by atoms with Gasteiger partial charge < -0.3 is 10.2 Å². The fraction of sp³-hybridized carbons (Fsp3) is 1.00. The standard InChI is InChI=1S/C11H24N2OS/c1-10-9-13(7-4-6-12-10)8-5-11(2)15(3)14/h10-12H,4-9H2,1-3H3. The van der Waals surface area contributed by atoms with Gasteiger partial charge in [-0.1, -0.05) is 6.92 Å². The smallest absolute Gasteiger partial charge is 0.0329 e. The Morgan fingerprint density at radius 1 is 1.60 bits per heavy atom. The number of hydrogen-bond acceptors (Lipinski definition) is 3. The molecule has 0 aliphatic carbocycles. The minimum atomic E-state index is -0.670. The van der Waals surface area contributed by atoms with E-state index in [1.807, 2.05) is 0 Å². The van der Waals surface area contributed by atoms with Crippen LogP contribution in [0.5, 0.6) is 0 Å². The minimum absolute atomic E-state index is 0.330. The highest BCUT2D eigenvalue weighted by atomic mass is 32.2. The summed E-state index contributed by atoms with van der Waals surface area (Å²) < 4.78 is 11.2. The van der Waals surface area contributed by atoms with Crippen molar-refractivity contribution in [2.45, 2.75) is 38.0 Å². The van der Waals surface area contributed by atoms with Crippen molar-refractivity contribution in [3.63, 3.8) is 0 Å². The van der Waals surface area contributed by atoms with Gasteiger partial charge in [0.2, 0.25) is 0 Å². The maximum Gasteiger partial charge on any atom is 0.0329 e. The molecule has 1 aliphatic rings. The van der Waals surface area contributed by atoms with Crippen molar-refractivity contribution < 1.29 is 4.21 Å². The highest BCUT2D eigenvalue weighted by Gasteiger charge is 2.15. The average Bonchev–Trinajstić information content (AvgIpc) is 2.38. The summed E-state index contributed by atoms with van der Waals surface area (Å²) in [4.78, 5) is 2.49. The van der Waals surface area contributed by atoms with Gasteiger partial charge in [-0.25, -0.2) is 0 Å². The Kier molecular flexibility index (Phi) is 5.79. The molecule has 0 bridgehead atoms. The summed E-state index contributed by atoms with van der Waals surface area (Å²) >= 11 is 0. The molecule has 15 heavy (non-hydrogen) atoms. The number of nitrogens with zero attached hydrogens (tertiary/aromatic N) is 1. The molecule has 1 aliphatic heterocycles. The van der Waals surface area contributed by atoms with Crippen LogP contribution in [0.3, 0.4) is 0 Å². The molecule has 0 saturated carbocycles. The van der Waals surface area contributed by atoms with Crippen molar-refractivity contribution in [2.75, 3.05) is 32.4 Å². The van der Waals surface area contributed by atoms with E-state index in [1.54, 1.807) is 6.26 Å². The fourth-order valence-corrected chi connectivity index (χ4v) is 2.37. The van der Waals surface area contributed by atoms with Crippen LogP contribution in [0.1, 0.15) is 26.7 Å². The third-order valence-electron chi connectivity index (χ3n) is 3.09. The van der Waals surface area contributed by atoms with E-state index in [-0.39, 0.29) is 0 Å². The summed E-state index contributed by atoms with van der Waals surface area (Å²) in [5, 5.41) is 3.81. The molecule has 1 fully saturated rings. The van der Waals surface area contributed by atoms with E-state index < -0.39 is 10.8 Å². The lowest BCUT2D eigenvalue weighted by atomic mass is 10.2. The molecule has 1 rings (SSSR count). The zero-order valence-corrected chi connectivity index (χ0v) is 11.0. The van der Waals surface area contributed by atoms with Crippen LogP contribution in [0.4, 0.5) is 0 Å². The van der Waals surface area contributed by atoms with Crippen LogP contribution >= 0.6 is 0 Å². The lowest BCUT2D eigenvalue weighted by Gasteiger charge is -2.23. The molecule has 90 valence electrons. The molecular weight excluding hydrogens is 208 g/mol. The first kappa shape index (κ1) is 13.1. The summed E-state index contributed by atoms with van der Waals surface area (Å²) in [6, 6.07) is 0.593. The Balaban J connectivity index is 2.27. The van der Waals surface area contributed by atoms with Gasteiger partial charge in [0.05, 0.1) is 0 Å². The number of nitrogens with one attached hydrogen (secondary N) is 1. The topological polar surface area (TPSA) is 32.3 Å². The van der Waals surface area contributed by atoms with E-state index in [4.69, 9.17) is 0 Å². The lowest BCUT2D eigenvalue weighted by Crippen LogP contribution is -2.36. The molecule has 0 amide bonds. The van der Waals surface area contributed by atoms with E-state index in [0.29, 0.717) is 11.3 Å². The lowest BCUT2D eigenvalue weighted by molar-refractivity contribution is 0.269. The zero-order valence-electron chi connectivity index (χ0n) is 10.2. The first-order valence-corrected chi connectivity index (χ1v) is 7.49. The van der Waals surface area contributed by atoms with Crippen LogP contribution in [-0.2, 0) is 10.8 Å². The summed E-state index contributed by atoms with van der Waals surface area (Å²) in [5.74, 6) is 0. The van der Waals surface area contributed by atoms with Crippen LogP contribution in [0.2, 0.25) is 0 Å². The number of hydrogen-bond donors (Lipinski definition) is 1. The van der Waals surface area contributed by atoms with Crippen molar-refractivity contribution in [3.05, 3.63) is 0 Å². The quantitative estimate of drug-likeness (QED) is 0.779. The average molecular weight is 232 g/mol. The Labute approximate surface area is 96.1 Å². The molecule has 3 nitrogen and oxygen atoms in total. The van der Waals surface area contributed by atoms with Crippen LogP contribution in [-0.4, -0.2) is 52.8 Å². The normalized spacial score (nSPS) is 28.3. The molecule has 1 N–H and O–H groups in total. The van der Waals surface area contributed by atoms with E-state index in [2.05, 4.69) is 24.1 Å². The van der Waals surface area contributed by atoms with Crippen molar-refractivity contribution in [1.29, 1.82) is 0 Å². The Hall–Kier alpha value is 0.0700. The maximum absolute atomic E-state index is 11.2. The molecule has 0 aromatic carbocycles. The Morgan fingerprint density at radius 3 is 3.00 bits per heavy atom. The summed E-state index contributed by atoms with van der Waals surface area (Å²) in [5.41, 5.74) is 0. The second kappa shape index (κ2) is 6.61. The Morgan fingerprint density at radius 2 is 2.33 bits per heavy atom. The second-order valence-electron chi connectivity index (χ2n) is 4.61. The molecule has 1 saturated heterocycles. The molecule has 4 heteroatoms. The van der Waals surface area contributed by atoms with Gasteiger partial charge >= 0.3 is 0 Å². The van der Waals surface area contributed by atoms with Crippen LogP contribution in [0.15, 0.2) is 0 Å². The monoisotopic (exact) mass is 232 g/mol. The van der Waals surface area contributed by atoms with E-state index in [1.165, 1.54) is 13.0 Å². The second-order valence-corrected chi connectivity index (χ2v) is 6.41. The third-order valence-corrected chi connectivity index (χ3v) is 4.46. The van der Waals surface area contributed by atoms with Gasteiger partial charge in [-0.3, -0.25) is 4.21 Å². The Bertz CT molecular complexity index is 211. The predicted molar refractivity (Wildman–Crippen MR) is 66.7 cm³/mol. The largest absolute Gasteiger partial charge is 0.313 e. The predicted octanol–water partition coefficient (Wildman–Crippen LogP) is 0.827. The first-order chi connectivity index (χ1) is 7.09.